The van der Waals surface area contributed by atoms with E-state index >= 15 is 0 Å². The monoisotopic (exact) mass is 1890 g/mol. The van der Waals surface area contributed by atoms with Gasteiger partial charge in [-0.3, -0.25) is 28.8 Å². The maximum absolute atomic E-state index is 13.4. The lowest BCUT2D eigenvalue weighted by molar-refractivity contribution is -0.146. The zero-order valence-corrected chi connectivity index (χ0v) is 75.8. The standard InChI is InChI=1S/C45H74N6O19.C38H60N6O17.CH4/c1-3-13-56-20-24-60-28-32-68-43(54)10-7-17-69-44-39(64-15-5-8-41(52)66-33-29-61-26-22-58-18-11-48-50-46)36-38(45(55)70-35-31-63-25-21-57-14-4-2)37-40(44)65-16-6-9-42(53)67-34-30-62-27-23-59-19-12-49-51-47;1-2-11-50-17-20-53-23-26-60-36(47)8-5-14-61-37-32(56-12-3-6-34(45)58-27-24-54-21-18-51-15-9-41-43-39)29-31(38(48)49)30-33(37)57-13-4-7-35(46)59-28-25-55-22-19-52-16-10-42-44-40;/h36-37H,3-35H2,1-2H3;29-30H,2-28H2,1H3,(H,48,49);1H4. The van der Waals surface area contributed by atoms with E-state index in [2.05, 4.69) is 40.1 Å². The van der Waals surface area contributed by atoms with Crippen molar-refractivity contribution in [3.63, 3.8) is 0 Å². The van der Waals surface area contributed by atoms with Gasteiger partial charge in [0.25, 0.3) is 0 Å². The third-order valence-electron chi connectivity index (χ3n) is 15.8. The number of hydrogen-bond donors (Lipinski definition) is 1. The Bertz CT molecular complexity index is 3370. The molecule has 0 unspecified atom stereocenters. The van der Waals surface area contributed by atoms with Crippen LogP contribution in [0, 0.1) is 0 Å². The largest absolute Gasteiger partial charge is 0.490 e. The van der Waals surface area contributed by atoms with Gasteiger partial charge in [-0.25, -0.2) is 9.59 Å². The molecule has 0 aliphatic carbocycles. The molecule has 0 amide bonds. The van der Waals surface area contributed by atoms with E-state index in [0.29, 0.717) is 85.9 Å². The van der Waals surface area contributed by atoms with E-state index < -0.39 is 47.8 Å². The molecule has 0 aliphatic rings. The molecule has 1 N–H and O–H groups in total. The zero-order valence-electron chi connectivity index (χ0n) is 75.8. The molecule has 0 bridgehead atoms. The molecule has 2 aromatic rings. The van der Waals surface area contributed by atoms with Gasteiger partial charge in [-0.15, -0.1) is 0 Å². The van der Waals surface area contributed by atoms with Crippen LogP contribution in [0.1, 0.15) is 145 Å². The van der Waals surface area contributed by atoms with Gasteiger partial charge in [-0.2, -0.15) is 0 Å². The molecule has 132 heavy (non-hydrogen) atoms. The van der Waals surface area contributed by atoms with Gasteiger partial charge in [-0.05, 0) is 104 Å². The highest BCUT2D eigenvalue weighted by atomic mass is 16.6. The quantitative estimate of drug-likeness (QED) is 0.0160. The van der Waals surface area contributed by atoms with Gasteiger partial charge in [0.2, 0.25) is 11.5 Å². The fraction of sp³-hybridized carbons (Fsp3) is 0.762. The summed E-state index contributed by atoms with van der Waals surface area (Å²) in [5.41, 5.74) is 33.0. The van der Waals surface area contributed by atoms with Gasteiger partial charge in [0.15, 0.2) is 23.0 Å². The summed E-state index contributed by atoms with van der Waals surface area (Å²) in [6.07, 6.45) is 4.13. The molecule has 48 nitrogen and oxygen atoms in total. The van der Waals surface area contributed by atoms with Crippen molar-refractivity contribution in [3.05, 3.63) is 77.2 Å². The first-order chi connectivity index (χ1) is 64.2. The number of carbonyl (C=O) groups excluding carboxylic acids is 7. The van der Waals surface area contributed by atoms with Gasteiger partial charge >= 0.3 is 47.8 Å². The molecule has 0 saturated heterocycles. The van der Waals surface area contributed by atoms with Crippen molar-refractivity contribution in [1.82, 2.24) is 0 Å². The Morgan fingerprint density at radius 1 is 0.250 bits per heavy atom. The SMILES string of the molecule is C.CCCOCCOCCOC(=O)CCCOc1c(OCCCC(=O)OCCOCCOCCN=[N+]=[N-])cc(C(=O)O)cc1OCCCC(=O)OCCOCCOCCN=[N+]=[N-].CCCOCCOCCOC(=O)CCCOc1c(OCCCC(=O)OCCOCCOCCN=[N+]=[N-])cc(C(=O)OCCOCCOCCC)cc1OCCCC(=O)OCCOCCOCCN=[N+]=[N-]. The highest BCUT2D eigenvalue weighted by Gasteiger charge is 2.24. The van der Waals surface area contributed by atoms with Crippen LogP contribution in [-0.4, -0.2) is 350 Å². The summed E-state index contributed by atoms with van der Waals surface area (Å²) >= 11 is 0. The van der Waals surface area contributed by atoms with Crippen molar-refractivity contribution in [2.24, 2.45) is 20.5 Å². The second-order valence-electron chi connectivity index (χ2n) is 26.5. The molecular weight excluding hydrogens is 1750 g/mol. The maximum atomic E-state index is 13.4. The van der Waals surface area contributed by atoms with E-state index in [9.17, 15) is 43.5 Å². The number of ether oxygens (including phenoxy) is 27. The van der Waals surface area contributed by atoms with Crippen molar-refractivity contribution in [1.29, 1.82) is 0 Å². The number of benzene rings is 2. The molecule has 0 heterocycles. The van der Waals surface area contributed by atoms with Gasteiger partial charge in [0.1, 0.15) is 46.2 Å². The van der Waals surface area contributed by atoms with Crippen LogP contribution in [0.4, 0.5) is 0 Å². The van der Waals surface area contributed by atoms with Gasteiger partial charge in [0.05, 0.1) is 216 Å². The highest BCUT2D eigenvalue weighted by molar-refractivity contribution is 5.91. The van der Waals surface area contributed by atoms with Gasteiger partial charge in [-0.1, -0.05) is 48.7 Å². The van der Waals surface area contributed by atoms with E-state index in [1.54, 1.807) is 0 Å². The minimum atomic E-state index is -1.27. The van der Waals surface area contributed by atoms with E-state index in [4.69, 9.17) is 150 Å². The van der Waals surface area contributed by atoms with Gasteiger partial charge < -0.3 is 133 Å². The highest BCUT2D eigenvalue weighted by Crippen LogP contribution is 2.41. The summed E-state index contributed by atoms with van der Waals surface area (Å²) in [6, 6.07) is 5.38. The van der Waals surface area contributed by atoms with E-state index in [-0.39, 0.29) is 341 Å². The lowest BCUT2D eigenvalue weighted by atomic mass is 10.1. The molecule has 750 valence electrons. The van der Waals surface area contributed by atoms with E-state index in [1.807, 2.05) is 20.8 Å². The first kappa shape index (κ1) is 122. The Labute approximate surface area is 769 Å². The lowest BCUT2D eigenvalue weighted by Crippen LogP contribution is -2.15. The fourth-order valence-electron chi connectivity index (χ4n) is 9.77. The Morgan fingerprint density at radius 2 is 0.432 bits per heavy atom. The van der Waals surface area contributed by atoms with E-state index in [1.165, 1.54) is 24.3 Å². The Hall–Kier alpha value is -10.3. The number of carboxylic acids is 1. The second kappa shape index (κ2) is 92.5. The number of hydrogen-bond acceptors (Lipinski definition) is 39. The molecule has 0 aromatic heterocycles. The summed E-state index contributed by atoms with van der Waals surface area (Å²) in [5, 5.41) is 23.3. The Balaban J connectivity index is 0.00000260. The Kier molecular flexibility index (Phi) is 85.3. The third kappa shape index (κ3) is 75.2. The first-order valence-electron chi connectivity index (χ1n) is 43.8. The van der Waals surface area contributed by atoms with Crippen LogP contribution in [0.15, 0.2) is 44.7 Å². The normalized spacial score (nSPS) is 10.6. The van der Waals surface area contributed by atoms with Crippen LogP contribution in [0.5, 0.6) is 34.5 Å². The molecule has 0 spiro atoms. The summed E-state index contributed by atoms with van der Waals surface area (Å²) in [4.78, 5) is 110. The summed E-state index contributed by atoms with van der Waals surface area (Å²) in [7, 11) is 0. The summed E-state index contributed by atoms with van der Waals surface area (Å²) < 4.78 is 148. The molecule has 48 heteroatoms. The van der Waals surface area contributed by atoms with Crippen molar-refractivity contribution >= 4 is 47.8 Å². The topological polar surface area (TPSA) is 601 Å². The fourth-order valence-corrected chi connectivity index (χ4v) is 9.77. The predicted octanol–water partition coefficient (Wildman–Crippen LogP) is 10.8. The average molecular weight is 1890 g/mol. The minimum absolute atomic E-state index is 0. The molecule has 2 rings (SSSR count). The number of rotatable bonds is 92. The molecule has 0 aliphatic heterocycles. The molecule has 0 fully saturated rings. The number of nitrogens with zero attached hydrogens (tertiary/aromatic N) is 12. The maximum Gasteiger partial charge on any atom is 0.338 e. The molecule has 0 radical (unpaired) electrons. The Morgan fingerprint density at radius 3 is 0.636 bits per heavy atom. The predicted molar refractivity (Wildman–Crippen MR) is 469 cm³/mol. The molecule has 0 atom stereocenters. The lowest BCUT2D eigenvalue weighted by Gasteiger charge is -2.19. The van der Waals surface area contributed by atoms with Crippen LogP contribution < -0.4 is 28.4 Å². The number of azide groups is 4. The van der Waals surface area contributed by atoms with Gasteiger partial charge in [0, 0.05) is 104 Å². The van der Waals surface area contributed by atoms with Crippen LogP contribution >= 0.6 is 0 Å². The molecular formula is C84H138N12O36. The van der Waals surface area contributed by atoms with Crippen molar-refractivity contribution in [2.45, 2.75) is 125 Å². The van der Waals surface area contributed by atoms with E-state index in [0.717, 1.165) is 19.3 Å². The van der Waals surface area contributed by atoms with Crippen LogP contribution in [0.3, 0.4) is 0 Å². The number of esters is 7. The number of carboxylic acid groups (broad SMARTS) is 1. The van der Waals surface area contributed by atoms with Crippen LogP contribution in [-0.2, 0) is 128 Å². The van der Waals surface area contributed by atoms with Crippen molar-refractivity contribution in [2.75, 3.05) is 297 Å². The molecule has 0 saturated carbocycles. The summed E-state index contributed by atoms with van der Waals surface area (Å²) in [6.45, 7) is 16.0. The number of carbonyl (C=O) groups is 8. The number of aromatic carboxylic acids is 1. The zero-order chi connectivity index (χ0) is 95.2. The van der Waals surface area contributed by atoms with Crippen LogP contribution in [0.25, 0.3) is 41.8 Å². The van der Waals surface area contributed by atoms with Crippen molar-refractivity contribution < 1.29 is 171 Å². The average Bonchev–Trinajstić information content (AvgIpc) is 0.814. The minimum Gasteiger partial charge on any atom is -0.490 e. The van der Waals surface area contributed by atoms with Crippen molar-refractivity contribution in [3.8, 4) is 34.5 Å². The third-order valence-corrected chi connectivity index (χ3v) is 15.8. The summed E-state index contributed by atoms with van der Waals surface area (Å²) in [5.74, 6) is -4.39. The molecule has 2 aromatic carbocycles. The first-order valence-corrected chi connectivity index (χ1v) is 43.8. The second-order valence-corrected chi connectivity index (χ2v) is 26.5. The van der Waals surface area contributed by atoms with Crippen LogP contribution in [0.2, 0.25) is 0 Å². The smallest absolute Gasteiger partial charge is 0.338 e.